The van der Waals surface area contributed by atoms with Gasteiger partial charge in [-0.2, -0.15) is 0 Å². The van der Waals surface area contributed by atoms with Crippen molar-refractivity contribution in [2.75, 3.05) is 10.6 Å². The maximum atomic E-state index is 14.1. The molecule has 2 amide bonds. The number of nitrogens with one attached hydrogen (secondary N) is 2. The van der Waals surface area contributed by atoms with Crippen molar-refractivity contribution in [1.29, 1.82) is 0 Å². The molecule has 0 saturated carbocycles. The van der Waals surface area contributed by atoms with Crippen LogP contribution in [0.4, 0.5) is 15.8 Å². The van der Waals surface area contributed by atoms with Crippen LogP contribution in [0, 0.1) is 12.7 Å². The lowest BCUT2D eigenvalue weighted by Gasteiger charge is -2.09. The minimum absolute atomic E-state index is 0.0221. The van der Waals surface area contributed by atoms with Crippen LogP contribution in [-0.2, 0) is 0 Å². The summed E-state index contributed by atoms with van der Waals surface area (Å²) in [5.74, 6) is -1.83. The highest BCUT2D eigenvalue weighted by atomic mass is 35.5. The molecular weight excluding hydrogens is 473 g/mol. The molecule has 5 rings (SSSR count). The van der Waals surface area contributed by atoms with Gasteiger partial charge < -0.3 is 19.6 Å². The Morgan fingerprint density at radius 1 is 0.914 bits per heavy atom. The molecule has 7 nitrogen and oxygen atoms in total. The van der Waals surface area contributed by atoms with Gasteiger partial charge >= 0.3 is 0 Å². The summed E-state index contributed by atoms with van der Waals surface area (Å²) in [5, 5.41) is 10.2. The number of carbonyl (C=O) groups excluding carboxylic acids is 2. The van der Waals surface area contributed by atoms with Crippen molar-refractivity contribution in [3.05, 3.63) is 101 Å². The van der Waals surface area contributed by atoms with Crippen LogP contribution in [0.15, 0.2) is 81.7 Å². The lowest BCUT2D eigenvalue weighted by Crippen LogP contribution is -2.18. The zero-order chi connectivity index (χ0) is 24.5. The first-order valence-corrected chi connectivity index (χ1v) is 10.9. The van der Waals surface area contributed by atoms with E-state index in [-0.39, 0.29) is 34.2 Å². The number of furan rings is 1. The molecule has 0 aliphatic heterocycles. The minimum Gasteiger partial charge on any atom is -0.449 e. The lowest BCUT2D eigenvalue weighted by molar-refractivity contribution is 0.0999. The summed E-state index contributed by atoms with van der Waals surface area (Å²) in [6, 6.07) is 19.5. The van der Waals surface area contributed by atoms with E-state index in [0.29, 0.717) is 21.6 Å². The van der Waals surface area contributed by atoms with Crippen molar-refractivity contribution in [3.8, 4) is 11.3 Å². The van der Waals surface area contributed by atoms with E-state index < -0.39 is 17.6 Å². The first-order valence-electron chi connectivity index (χ1n) is 10.5. The number of nitrogens with zero attached hydrogens (tertiary/aromatic N) is 1. The monoisotopic (exact) mass is 489 g/mol. The topological polar surface area (TPSA) is 97.4 Å². The van der Waals surface area contributed by atoms with E-state index in [1.54, 1.807) is 61.5 Å². The summed E-state index contributed by atoms with van der Waals surface area (Å²) in [7, 11) is 0. The number of amides is 2. The van der Waals surface area contributed by atoms with Crippen LogP contribution in [-0.4, -0.2) is 17.0 Å². The Balaban J connectivity index is 1.55. The van der Waals surface area contributed by atoms with Crippen molar-refractivity contribution in [2.45, 2.75) is 6.92 Å². The highest BCUT2D eigenvalue weighted by Gasteiger charge is 2.27. The number of rotatable bonds is 5. The highest BCUT2D eigenvalue weighted by Crippen LogP contribution is 2.35. The molecule has 0 fully saturated rings. The Hall–Kier alpha value is -4.43. The third-order valence-corrected chi connectivity index (χ3v) is 5.71. The number of aryl methyl sites for hydroxylation is 1. The minimum atomic E-state index is -0.727. The van der Waals surface area contributed by atoms with Gasteiger partial charge in [-0.1, -0.05) is 59.2 Å². The summed E-state index contributed by atoms with van der Waals surface area (Å²) in [6.45, 7) is 1.60. The van der Waals surface area contributed by atoms with Crippen LogP contribution < -0.4 is 10.6 Å². The number of anilines is 2. The fourth-order valence-corrected chi connectivity index (χ4v) is 3.95. The first kappa shape index (κ1) is 22.4. The Morgan fingerprint density at radius 2 is 1.63 bits per heavy atom. The van der Waals surface area contributed by atoms with Gasteiger partial charge in [-0.25, -0.2) is 4.39 Å². The van der Waals surface area contributed by atoms with E-state index >= 15 is 0 Å². The summed E-state index contributed by atoms with van der Waals surface area (Å²) in [4.78, 5) is 26.5. The van der Waals surface area contributed by atoms with Gasteiger partial charge in [0.1, 0.15) is 34.1 Å². The number of para-hydroxylation sites is 2. The molecule has 2 N–H and O–H groups in total. The third kappa shape index (κ3) is 4.15. The van der Waals surface area contributed by atoms with E-state index in [2.05, 4.69) is 15.8 Å². The van der Waals surface area contributed by atoms with Crippen molar-refractivity contribution in [1.82, 2.24) is 5.16 Å². The lowest BCUT2D eigenvalue weighted by atomic mass is 10.1. The molecule has 0 saturated heterocycles. The summed E-state index contributed by atoms with van der Waals surface area (Å²) < 4.78 is 25.1. The number of fused-ring (bicyclic) bond motifs is 1. The molecule has 35 heavy (non-hydrogen) atoms. The Morgan fingerprint density at radius 3 is 2.43 bits per heavy atom. The average molecular weight is 490 g/mol. The Labute approximate surface area is 203 Å². The van der Waals surface area contributed by atoms with Gasteiger partial charge in [-0.15, -0.1) is 0 Å². The number of carbonyl (C=O) groups is 2. The fourth-order valence-electron chi connectivity index (χ4n) is 3.72. The second-order valence-corrected chi connectivity index (χ2v) is 8.04. The Bertz CT molecular complexity index is 1590. The Kier molecular flexibility index (Phi) is 5.80. The van der Waals surface area contributed by atoms with Crippen molar-refractivity contribution < 1.29 is 22.9 Å². The molecule has 9 heteroatoms. The van der Waals surface area contributed by atoms with Gasteiger partial charge in [0.25, 0.3) is 11.8 Å². The molecule has 0 spiro atoms. The predicted octanol–water partition coefficient (Wildman–Crippen LogP) is 6.69. The van der Waals surface area contributed by atoms with Gasteiger partial charge in [0.2, 0.25) is 5.76 Å². The van der Waals surface area contributed by atoms with E-state index in [4.69, 9.17) is 20.5 Å². The predicted molar refractivity (Wildman–Crippen MR) is 130 cm³/mol. The molecule has 0 aliphatic rings. The van der Waals surface area contributed by atoms with Crippen LogP contribution in [0.5, 0.6) is 0 Å². The van der Waals surface area contributed by atoms with E-state index in [0.717, 1.165) is 0 Å². The molecule has 5 aromatic rings. The molecule has 0 radical (unpaired) electrons. The normalized spacial score (nSPS) is 10.9. The molecular formula is C26H17ClFN3O4. The van der Waals surface area contributed by atoms with Crippen molar-refractivity contribution >= 4 is 45.8 Å². The maximum Gasteiger partial charge on any atom is 0.293 e. The third-order valence-electron chi connectivity index (χ3n) is 5.38. The highest BCUT2D eigenvalue weighted by molar-refractivity contribution is 6.33. The molecule has 0 bridgehead atoms. The number of hydrogen-bond acceptors (Lipinski definition) is 5. The van der Waals surface area contributed by atoms with Crippen LogP contribution in [0.3, 0.4) is 0 Å². The molecule has 174 valence electrons. The fraction of sp³-hybridized carbons (Fsp3) is 0.0385. The van der Waals surface area contributed by atoms with Crippen molar-refractivity contribution in [3.63, 3.8) is 0 Å². The van der Waals surface area contributed by atoms with E-state index in [9.17, 15) is 14.0 Å². The molecule has 2 heterocycles. The average Bonchev–Trinajstić information content (AvgIpc) is 3.41. The van der Waals surface area contributed by atoms with Gasteiger partial charge in [-0.05, 0) is 37.3 Å². The number of aromatic nitrogens is 1. The standard InChI is InChI=1S/C26H17ClFN3O4/c1-14-21(22(31-35-14)15-8-2-4-10-17(15)27)25(32)30-23-16-9-3-7-13-20(16)34-24(23)26(33)29-19-12-6-5-11-18(19)28/h2-13H,1H3,(H,29,33)(H,30,32). The second kappa shape index (κ2) is 9.08. The smallest absolute Gasteiger partial charge is 0.293 e. The van der Waals surface area contributed by atoms with Crippen molar-refractivity contribution in [2.24, 2.45) is 0 Å². The summed E-state index contributed by atoms with van der Waals surface area (Å²) in [6.07, 6.45) is 0. The second-order valence-electron chi connectivity index (χ2n) is 7.63. The molecule has 3 aromatic carbocycles. The zero-order valence-corrected chi connectivity index (χ0v) is 19.0. The largest absolute Gasteiger partial charge is 0.449 e. The molecule has 0 unspecified atom stereocenters. The summed E-state index contributed by atoms with van der Waals surface area (Å²) in [5.41, 5.74) is 1.41. The van der Waals surface area contributed by atoms with Crippen LogP contribution >= 0.6 is 11.6 Å². The zero-order valence-electron chi connectivity index (χ0n) is 18.3. The first-order chi connectivity index (χ1) is 16.9. The van der Waals surface area contributed by atoms with Crippen LogP contribution in [0.1, 0.15) is 26.7 Å². The maximum absolute atomic E-state index is 14.1. The number of hydrogen-bond donors (Lipinski definition) is 2. The molecule has 2 aromatic heterocycles. The van der Waals surface area contributed by atoms with Gasteiger partial charge in [0.05, 0.1) is 10.7 Å². The number of halogens is 2. The van der Waals surface area contributed by atoms with E-state index in [1.807, 2.05) is 0 Å². The van der Waals surface area contributed by atoms with Gasteiger partial charge in [0.15, 0.2) is 0 Å². The van der Waals surface area contributed by atoms with Gasteiger partial charge in [0, 0.05) is 10.9 Å². The van der Waals surface area contributed by atoms with E-state index in [1.165, 1.54) is 18.2 Å². The van der Waals surface area contributed by atoms with Gasteiger partial charge in [-0.3, -0.25) is 9.59 Å². The molecule has 0 atom stereocenters. The number of benzene rings is 3. The molecule has 0 aliphatic carbocycles. The SMILES string of the molecule is Cc1onc(-c2ccccc2Cl)c1C(=O)Nc1c(C(=O)Nc2ccccc2F)oc2ccccc12. The summed E-state index contributed by atoms with van der Waals surface area (Å²) >= 11 is 6.31. The quantitative estimate of drug-likeness (QED) is 0.286. The van der Waals surface area contributed by atoms with Crippen LogP contribution in [0.2, 0.25) is 5.02 Å². The van der Waals surface area contributed by atoms with Crippen LogP contribution in [0.25, 0.3) is 22.2 Å².